The number of halogens is 1. The number of ether oxygens (including phenoxy) is 1. The zero-order valence-corrected chi connectivity index (χ0v) is 23.9. The van der Waals surface area contributed by atoms with E-state index in [2.05, 4.69) is 5.32 Å². The molecule has 10 heteroatoms. The van der Waals surface area contributed by atoms with Crippen LogP contribution < -0.4 is 14.4 Å². The van der Waals surface area contributed by atoms with Crippen molar-refractivity contribution in [2.24, 2.45) is 0 Å². The van der Waals surface area contributed by atoms with Gasteiger partial charge in [0.05, 0.1) is 19.1 Å². The molecule has 208 valence electrons. The average Bonchev–Trinajstić information content (AvgIpc) is 3.38. The fourth-order valence-corrected chi connectivity index (χ4v) is 6.03. The molecule has 2 amide bonds. The topological polar surface area (TPSA) is 96.0 Å². The zero-order chi connectivity index (χ0) is 27.7. The van der Waals surface area contributed by atoms with Crippen LogP contribution in [0.2, 0.25) is 5.02 Å². The number of methoxy groups -OCH3 is 1. The Labute approximate surface area is 231 Å². The van der Waals surface area contributed by atoms with Crippen LogP contribution in [0.4, 0.5) is 5.69 Å². The van der Waals surface area contributed by atoms with Gasteiger partial charge in [-0.3, -0.25) is 13.9 Å². The summed E-state index contributed by atoms with van der Waals surface area (Å²) in [5, 5.41) is 3.56. The van der Waals surface area contributed by atoms with E-state index in [0.717, 1.165) is 37.5 Å². The molecule has 1 N–H and O–H groups in total. The molecule has 1 atom stereocenters. The lowest BCUT2D eigenvalue weighted by Crippen LogP contribution is -2.51. The smallest absolute Gasteiger partial charge is 0.243 e. The number of hydrogen-bond acceptors (Lipinski definition) is 5. The van der Waals surface area contributed by atoms with Crippen LogP contribution in [0.25, 0.3) is 0 Å². The van der Waals surface area contributed by atoms with Gasteiger partial charge in [0.2, 0.25) is 21.8 Å². The minimum atomic E-state index is -3.59. The maximum atomic E-state index is 13.6. The normalized spacial score (nSPS) is 14.6. The second-order valence-electron chi connectivity index (χ2n) is 9.71. The first kappa shape index (κ1) is 29.8. The minimum absolute atomic E-state index is 0.0871. The standard InChI is InChI=1S/C28H38ClN3O5S/c1-4-26(28(34)30-23-12-5-6-13-23)31(20-21-10-7-15-25(18-21)37-2)27(33)16-9-17-32(38(3,35)36)24-14-8-11-22(29)19-24/h7-8,10-11,14-15,18-19,23,26H,4-6,9,12-13,16-17,20H2,1-3H3,(H,30,34)/t26-/m0/s1. The molecule has 0 radical (unpaired) electrons. The van der Waals surface area contributed by atoms with E-state index in [1.165, 1.54) is 4.31 Å². The molecule has 1 fully saturated rings. The van der Waals surface area contributed by atoms with Crippen molar-refractivity contribution in [3.05, 3.63) is 59.1 Å². The number of sulfonamides is 1. The number of nitrogens with one attached hydrogen (secondary N) is 1. The van der Waals surface area contributed by atoms with Gasteiger partial charge >= 0.3 is 0 Å². The van der Waals surface area contributed by atoms with Gasteiger partial charge < -0.3 is 15.0 Å². The second-order valence-corrected chi connectivity index (χ2v) is 12.0. The second kappa shape index (κ2) is 13.8. The Balaban J connectivity index is 1.77. The summed E-state index contributed by atoms with van der Waals surface area (Å²) in [6.07, 6.45) is 6.07. The van der Waals surface area contributed by atoms with Crippen LogP contribution >= 0.6 is 11.6 Å². The summed E-state index contributed by atoms with van der Waals surface area (Å²) in [6, 6.07) is 13.6. The lowest BCUT2D eigenvalue weighted by molar-refractivity contribution is -0.141. The number of anilines is 1. The number of hydrogen-bond donors (Lipinski definition) is 1. The Morgan fingerprint density at radius 2 is 1.84 bits per heavy atom. The van der Waals surface area contributed by atoms with E-state index in [4.69, 9.17) is 16.3 Å². The maximum absolute atomic E-state index is 13.6. The van der Waals surface area contributed by atoms with Gasteiger partial charge in [-0.05, 0) is 61.6 Å². The molecule has 2 aromatic carbocycles. The Morgan fingerprint density at radius 3 is 2.47 bits per heavy atom. The van der Waals surface area contributed by atoms with Crippen LogP contribution in [0.15, 0.2) is 48.5 Å². The molecule has 8 nitrogen and oxygen atoms in total. The number of carbonyl (C=O) groups is 2. The van der Waals surface area contributed by atoms with E-state index in [9.17, 15) is 18.0 Å². The van der Waals surface area contributed by atoms with Gasteiger partial charge in [-0.1, -0.05) is 49.6 Å². The highest BCUT2D eigenvalue weighted by molar-refractivity contribution is 7.92. The van der Waals surface area contributed by atoms with Crippen molar-refractivity contribution >= 4 is 39.1 Å². The predicted octanol–water partition coefficient (Wildman–Crippen LogP) is 4.76. The molecule has 0 bridgehead atoms. The summed E-state index contributed by atoms with van der Waals surface area (Å²) in [6.45, 7) is 2.26. The number of nitrogens with zero attached hydrogens (tertiary/aromatic N) is 2. The summed E-state index contributed by atoms with van der Waals surface area (Å²) in [5.41, 5.74) is 1.30. The van der Waals surface area contributed by atoms with Crippen molar-refractivity contribution in [3.63, 3.8) is 0 Å². The maximum Gasteiger partial charge on any atom is 0.243 e. The van der Waals surface area contributed by atoms with Crippen molar-refractivity contribution < 1.29 is 22.7 Å². The number of carbonyl (C=O) groups excluding carboxylic acids is 2. The number of amides is 2. The predicted molar refractivity (Wildman–Crippen MR) is 151 cm³/mol. The zero-order valence-electron chi connectivity index (χ0n) is 22.4. The van der Waals surface area contributed by atoms with Crippen molar-refractivity contribution in [1.82, 2.24) is 10.2 Å². The molecule has 0 heterocycles. The Morgan fingerprint density at radius 1 is 1.13 bits per heavy atom. The summed E-state index contributed by atoms with van der Waals surface area (Å²) in [7, 11) is -2.00. The largest absolute Gasteiger partial charge is 0.497 e. The van der Waals surface area contributed by atoms with Gasteiger partial charge in [-0.2, -0.15) is 0 Å². The first-order chi connectivity index (χ1) is 18.1. The number of benzene rings is 2. The highest BCUT2D eigenvalue weighted by Gasteiger charge is 2.30. The quantitative estimate of drug-likeness (QED) is 0.379. The Kier molecular flexibility index (Phi) is 10.8. The molecule has 0 spiro atoms. The minimum Gasteiger partial charge on any atom is -0.497 e. The highest BCUT2D eigenvalue weighted by Crippen LogP contribution is 2.24. The summed E-state index contributed by atoms with van der Waals surface area (Å²) in [4.78, 5) is 28.5. The first-order valence-corrected chi connectivity index (χ1v) is 15.3. The Hall–Kier alpha value is -2.78. The van der Waals surface area contributed by atoms with Crippen molar-refractivity contribution in [2.45, 2.75) is 70.5 Å². The molecular weight excluding hydrogens is 526 g/mol. The van der Waals surface area contributed by atoms with Crippen LogP contribution in [0.1, 0.15) is 57.4 Å². The molecule has 1 aliphatic rings. The van der Waals surface area contributed by atoms with Crippen LogP contribution in [-0.4, -0.2) is 57.1 Å². The third-order valence-corrected chi connectivity index (χ3v) is 8.25. The van der Waals surface area contributed by atoms with Gasteiger partial charge in [0.15, 0.2) is 0 Å². The summed E-state index contributed by atoms with van der Waals surface area (Å²) >= 11 is 6.08. The van der Waals surface area contributed by atoms with Crippen molar-refractivity contribution in [2.75, 3.05) is 24.2 Å². The van der Waals surface area contributed by atoms with E-state index >= 15 is 0 Å². The lowest BCUT2D eigenvalue weighted by Gasteiger charge is -2.32. The van der Waals surface area contributed by atoms with Gasteiger partial charge in [0.25, 0.3) is 0 Å². The van der Waals surface area contributed by atoms with Crippen molar-refractivity contribution in [1.29, 1.82) is 0 Å². The van der Waals surface area contributed by atoms with Crippen LogP contribution in [-0.2, 0) is 26.2 Å². The fourth-order valence-electron chi connectivity index (χ4n) is 4.89. The van der Waals surface area contributed by atoms with Crippen LogP contribution in [0, 0.1) is 0 Å². The molecule has 0 aliphatic heterocycles. The van der Waals surface area contributed by atoms with Crippen LogP contribution in [0.5, 0.6) is 5.75 Å². The highest BCUT2D eigenvalue weighted by atomic mass is 35.5. The molecule has 1 aliphatic carbocycles. The van der Waals surface area contributed by atoms with Gasteiger partial charge in [-0.15, -0.1) is 0 Å². The molecule has 38 heavy (non-hydrogen) atoms. The van der Waals surface area contributed by atoms with E-state index in [1.54, 1.807) is 36.3 Å². The molecule has 2 aromatic rings. The van der Waals surface area contributed by atoms with Gasteiger partial charge in [0.1, 0.15) is 11.8 Å². The molecule has 3 rings (SSSR count). The van der Waals surface area contributed by atoms with Crippen LogP contribution in [0.3, 0.4) is 0 Å². The molecular formula is C28H38ClN3O5S. The lowest BCUT2D eigenvalue weighted by atomic mass is 10.1. The molecule has 0 unspecified atom stereocenters. The summed E-state index contributed by atoms with van der Waals surface area (Å²) in [5.74, 6) is 0.316. The monoisotopic (exact) mass is 563 g/mol. The van der Waals surface area contributed by atoms with E-state index in [-0.39, 0.29) is 43.8 Å². The molecule has 0 saturated heterocycles. The average molecular weight is 564 g/mol. The summed E-state index contributed by atoms with van der Waals surface area (Å²) < 4.78 is 31.6. The van der Waals surface area contributed by atoms with Gasteiger partial charge in [-0.25, -0.2) is 8.42 Å². The third-order valence-electron chi connectivity index (χ3n) is 6.82. The van der Waals surface area contributed by atoms with E-state index in [0.29, 0.717) is 22.9 Å². The molecule has 0 aromatic heterocycles. The fraction of sp³-hybridized carbons (Fsp3) is 0.500. The van der Waals surface area contributed by atoms with Gasteiger partial charge in [0, 0.05) is 30.6 Å². The van der Waals surface area contributed by atoms with E-state index < -0.39 is 16.1 Å². The molecule has 1 saturated carbocycles. The van der Waals surface area contributed by atoms with Crippen molar-refractivity contribution in [3.8, 4) is 5.75 Å². The van der Waals surface area contributed by atoms with E-state index in [1.807, 2.05) is 31.2 Å². The first-order valence-electron chi connectivity index (χ1n) is 13.1. The SMILES string of the molecule is CC[C@@H](C(=O)NC1CCCC1)N(Cc1cccc(OC)c1)C(=O)CCCN(c1cccc(Cl)c1)S(C)(=O)=O. The third kappa shape index (κ3) is 8.36. The Bertz CT molecular complexity index is 1200. The number of rotatable bonds is 13.